The minimum atomic E-state index is 0.147. The SMILES string of the molecule is CCNc1nc(Cl)nc(N(C)Cc2cccc(C#N)c2)n1. The second-order valence-corrected chi connectivity index (χ2v) is 4.76. The molecule has 7 heteroatoms. The molecular formula is C14H15ClN6. The van der Waals surface area contributed by atoms with Gasteiger partial charge in [-0.3, -0.25) is 0 Å². The fourth-order valence-corrected chi connectivity index (χ4v) is 1.99. The van der Waals surface area contributed by atoms with Crippen LogP contribution in [0.2, 0.25) is 5.28 Å². The van der Waals surface area contributed by atoms with Crippen molar-refractivity contribution in [3.63, 3.8) is 0 Å². The first kappa shape index (κ1) is 15.0. The van der Waals surface area contributed by atoms with Gasteiger partial charge in [0.25, 0.3) is 0 Å². The molecule has 0 spiro atoms. The van der Waals surface area contributed by atoms with Crippen LogP contribution >= 0.6 is 11.6 Å². The highest BCUT2D eigenvalue weighted by Crippen LogP contribution is 2.15. The van der Waals surface area contributed by atoms with E-state index in [1.165, 1.54) is 0 Å². The van der Waals surface area contributed by atoms with Crippen molar-refractivity contribution in [1.82, 2.24) is 15.0 Å². The summed E-state index contributed by atoms with van der Waals surface area (Å²) in [5, 5.41) is 12.1. The van der Waals surface area contributed by atoms with E-state index in [0.29, 0.717) is 30.5 Å². The third-order valence-corrected chi connectivity index (χ3v) is 2.92. The molecule has 0 radical (unpaired) electrons. The maximum atomic E-state index is 8.92. The van der Waals surface area contributed by atoms with Gasteiger partial charge in [0.2, 0.25) is 17.2 Å². The van der Waals surface area contributed by atoms with Gasteiger partial charge in [-0.15, -0.1) is 0 Å². The summed E-state index contributed by atoms with van der Waals surface area (Å²) in [6.07, 6.45) is 0. The molecule has 108 valence electrons. The second kappa shape index (κ2) is 6.86. The normalized spacial score (nSPS) is 10.0. The highest BCUT2D eigenvalue weighted by Gasteiger charge is 2.10. The van der Waals surface area contributed by atoms with E-state index in [9.17, 15) is 0 Å². The van der Waals surface area contributed by atoms with Gasteiger partial charge in [0, 0.05) is 20.1 Å². The van der Waals surface area contributed by atoms with Crippen molar-refractivity contribution in [3.8, 4) is 6.07 Å². The van der Waals surface area contributed by atoms with Gasteiger partial charge in [-0.05, 0) is 36.2 Å². The second-order valence-electron chi connectivity index (χ2n) is 4.43. The first-order valence-electron chi connectivity index (χ1n) is 6.48. The number of halogens is 1. The van der Waals surface area contributed by atoms with Crippen molar-refractivity contribution in [2.24, 2.45) is 0 Å². The highest BCUT2D eigenvalue weighted by molar-refractivity contribution is 6.28. The Morgan fingerprint density at radius 3 is 2.86 bits per heavy atom. The van der Waals surface area contributed by atoms with E-state index < -0.39 is 0 Å². The van der Waals surface area contributed by atoms with Crippen LogP contribution in [0.15, 0.2) is 24.3 Å². The molecule has 0 unspecified atom stereocenters. The van der Waals surface area contributed by atoms with E-state index in [4.69, 9.17) is 16.9 Å². The van der Waals surface area contributed by atoms with Crippen molar-refractivity contribution >= 4 is 23.5 Å². The van der Waals surface area contributed by atoms with Crippen LogP contribution < -0.4 is 10.2 Å². The Morgan fingerprint density at radius 2 is 2.14 bits per heavy atom. The lowest BCUT2D eigenvalue weighted by atomic mass is 10.1. The third kappa shape index (κ3) is 4.04. The number of nitrogens with zero attached hydrogens (tertiary/aromatic N) is 5. The van der Waals surface area contributed by atoms with Crippen LogP contribution in [0.5, 0.6) is 0 Å². The van der Waals surface area contributed by atoms with E-state index in [2.05, 4.69) is 26.3 Å². The Morgan fingerprint density at radius 1 is 1.33 bits per heavy atom. The van der Waals surface area contributed by atoms with E-state index in [1.54, 1.807) is 6.07 Å². The molecule has 0 aliphatic rings. The van der Waals surface area contributed by atoms with Gasteiger partial charge < -0.3 is 10.2 Å². The van der Waals surface area contributed by atoms with Crippen LogP contribution in [-0.2, 0) is 6.54 Å². The molecule has 0 atom stereocenters. The summed E-state index contributed by atoms with van der Waals surface area (Å²) in [6, 6.07) is 9.54. The quantitative estimate of drug-likeness (QED) is 0.914. The first-order valence-corrected chi connectivity index (χ1v) is 6.85. The summed E-state index contributed by atoms with van der Waals surface area (Å²) in [5.41, 5.74) is 1.63. The zero-order valence-corrected chi connectivity index (χ0v) is 12.6. The molecule has 2 aromatic rings. The van der Waals surface area contributed by atoms with Crippen LogP contribution in [0.3, 0.4) is 0 Å². The maximum Gasteiger partial charge on any atom is 0.231 e. The van der Waals surface area contributed by atoms with Gasteiger partial charge in [0.05, 0.1) is 11.6 Å². The topological polar surface area (TPSA) is 77.7 Å². The third-order valence-electron chi connectivity index (χ3n) is 2.75. The number of rotatable bonds is 5. The largest absolute Gasteiger partial charge is 0.354 e. The van der Waals surface area contributed by atoms with Gasteiger partial charge in [-0.1, -0.05) is 12.1 Å². The standard InChI is InChI=1S/C14H15ClN6/c1-3-17-13-18-12(15)19-14(20-13)21(2)9-11-6-4-5-10(7-11)8-16/h4-7H,3,9H2,1-2H3,(H,17,18,19,20). The van der Waals surface area contributed by atoms with Gasteiger partial charge in [-0.2, -0.15) is 20.2 Å². The van der Waals surface area contributed by atoms with Crippen molar-refractivity contribution in [3.05, 3.63) is 40.7 Å². The molecule has 0 aliphatic carbocycles. The monoisotopic (exact) mass is 302 g/mol. The van der Waals surface area contributed by atoms with Crippen LogP contribution in [0.1, 0.15) is 18.1 Å². The molecule has 21 heavy (non-hydrogen) atoms. The fourth-order valence-electron chi connectivity index (χ4n) is 1.83. The number of hydrogen-bond acceptors (Lipinski definition) is 6. The average Bonchev–Trinajstić information content (AvgIpc) is 2.47. The minimum absolute atomic E-state index is 0.147. The predicted molar refractivity (Wildman–Crippen MR) is 82.3 cm³/mol. The number of aromatic nitrogens is 3. The molecule has 1 aromatic carbocycles. The number of hydrogen-bond donors (Lipinski definition) is 1. The van der Waals surface area contributed by atoms with E-state index in [-0.39, 0.29) is 5.28 Å². The lowest BCUT2D eigenvalue weighted by Crippen LogP contribution is -2.20. The Labute approximate surface area is 128 Å². The molecule has 2 rings (SSSR count). The van der Waals surface area contributed by atoms with E-state index in [1.807, 2.05) is 37.1 Å². The first-order chi connectivity index (χ1) is 10.1. The maximum absolute atomic E-state index is 8.92. The summed E-state index contributed by atoms with van der Waals surface area (Å²) in [4.78, 5) is 14.3. The molecule has 0 fully saturated rings. The van der Waals surface area contributed by atoms with Gasteiger partial charge in [-0.25, -0.2) is 0 Å². The van der Waals surface area contributed by atoms with Crippen LogP contribution in [-0.4, -0.2) is 28.5 Å². The molecule has 6 nitrogen and oxygen atoms in total. The van der Waals surface area contributed by atoms with Crippen LogP contribution in [0, 0.1) is 11.3 Å². The lowest BCUT2D eigenvalue weighted by Gasteiger charge is -2.17. The summed E-state index contributed by atoms with van der Waals surface area (Å²) in [6.45, 7) is 3.23. The Kier molecular flexibility index (Phi) is 4.90. The van der Waals surface area contributed by atoms with Crippen LogP contribution in [0.4, 0.5) is 11.9 Å². The van der Waals surface area contributed by atoms with Crippen molar-refractivity contribution < 1.29 is 0 Å². The Hall–Kier alpha value is -2.39. The molecule has 0 bridgehead atoms. The molecule has 0 aliphatic heterocycles. The van der Waals surface area contributed by atoms with Gasteiger partial charge >= 0.3 is 0 Å². The summed E-state index contributed by atoms with van der Waals surface area (Å²) >= 11 is 5.91. The molecule has 1 heterocycles. The summed E-state index contributed by atoms with van der Waals surface area (Å²) in [5.74, 6) is 0.929. The molecule has 1 aromatic heterocycles. The highest BCUT2D eigenvalue weighted by atomic mass is 35.5. The van der Waals surface area contributed by atoms with Crippen molar-refractivity contribution in [2.45, 2.75) is 13.5 Å². The number of nitrogens with one attached hydrogen (secondary N) is 1. The van der Waals surface area contributed by atoms with Crippen LogP contribution in [0.25, 0.3) is 0 Å². The fraction of sp³-hybridized carbons (Fsp3) is 0.286. The number of benzene rings is 1. The zero-order valence-electron chi connectivity index (χ0n) is 11.8. The number of nitriles is 1. The summed E-state index contributed by atoms with van der Waals surface area (Å²) in [7, 11) is 1.86. The van der Waals surface area contributed by atoms with E-state index >= 15 is 0 Å². The van der Waals surface area contributed by atoms with Crippen molar-refractivity contribution in [1.29, 1.82) is 5.26 Å². The summed E-state index contributed by atoms with van der Waals surface area (Å²) < 4.78 is 0. The molecule has 0 saturated carbocycles. The molecule has 1 N–H and O–H groups in total. The van der Waals surface area contributed by atoms with Crippen molar-refractivity contribution in [2.75, 3.05) is 23.8 Å². The average molecular weight is 303 g/mol. The Balaban J connectivity index is 2.19. The number of anilines is 2. The molecule has 0 saturated heterocycles. The minimum Gasteiger partial charge on any atom is -0.354 e. The molecule has 0 amide bonds. The van der Waals surface area contributed by atoms with Gasteiger partial charge in [0.1, 0.15) is 0 Å². The Bertz CT molecular complexity index is 667. The van der Waals surface area contributed by atoms with E-state index in [0.717, 1.165) is 5.56 Å². The smallest absolute Gasteiger partial charge is 0.231 e. The lowest BCUT2D eigenvalue weighted by molar-refractivity contribution is 0.852. The predicted octanol–water partition coefficient (Wildman–Crippen LogP) is 2.46. The molecular weight excluding hydrogens is 288 g/mol. The zero-order chi connectivity index (χ0) is 15.2. The van der Waals surface area contributed by atoms with Gasteiger partial charge in [0.15, 0.2) is 0 Å².